The summed E-state index contributed by atoms with van der Waals surface area (Å²) in [6.45, 7) is 4.93. The molecule has 2 heterocycles. The van der Waals surface area contributed by atoms with Crippen molar-refractivity contribution in [3.05, 3.63) is 30.1 Å². The maximum absolute atomic E-state index is 13.9. The number of aromatic nitrogens is 2. The third-order valence-electron chi connectivity index (χ3n) is 6.88. The summed E-state index contributed by atoms with van der Waals surface area (Å²) < 4.78 is 29.1. The Balaban J connectivity index is 1.37. The van der Waals surface area contributed by atoms with Gasteiger partial charge in [-0.15, -0.1) is 0 Å². The van der Waals surface area contributed by atoms with Crippen LogP contribution in [0.2, 0.25) is 0 Å². The molecule has 0 radical (unpaired) electrons. The number of piperidine rings is 1. The second-order valence-corrected chi connectivity index (χ2v) is 9.65. The summed E-state index contributed by atoms with van der Waals surface area (Å²) in [4.78, 5) is 31.8. The van der Waals surface area contributed by atoms with Crippen LogP contribution in [0.4, 0.5) is 13.6 Å². The Morgan fingerprint density at radius 2 is 1.58 bits per heavy atom. The van der Waals surface area contributed by atoms with Crippen molar-refractivity contribution < 1.29 is 18.4 Å². The lowest BCUT2D eigenvalue weighted by atomic mass is 9.96. The molecule has 1 saturated carbocycles. The number of halogens is 2. The Morgan fingerprint density at radius 1 is 0.970 bits per heavy atom. The number of imidazole rings is 1. The second kappa shape index (κ2) is 10.1. The molecular formula is C24H33F2N5O2. The molecule has 2 N–H and O–H groups in total. The molecule has 1 unspecified atom stereocenters. The number of nitrogens with one attached hydrogen (secondary N) is 2. The number of hydrogen-bond acceptors (Lipinski definition) is 3. The average Bonchev–Trinajstić information content (AvgIpc) is 3.17. The normalized spacial score (nSPS) is 19.1. The van der Waals surface area contributed by atoms with Gasteiger partial charge in [0.15, 0.2) is 11.6 Å². The van der Waals surface area contributed by atoms with Crippen LogP contribution in [0.5, 0.6) is 0 Å². The van der Waals surface area contributed by atoms with Gasteiger partial charge in [0.25, 0.3) is 0 Å². The number of urea groups is 1. The topological polar surface area (TPSA) is 79.3 Å². The SMILES string of the molecule is CC(C)C(C(=O)N1CCC(NC(=O)NC2CCCCC2)CC1)n1cnc2cc(F)c(F)cc21. The fourth-order valence-corrected chi connectivity index (χ4v) is 5.06. The van der Waals surface area contributed by atoms with Crippen molar-refractivity contribution >= 4 is 23.0 Å². The van der Waals surface area contributed by atoms with Crippen molar-refractivity contribution in [2.45, 2.75) is 76.9 Å². The summed E-state index contributed by atoms with van der Waals surface area (Å²) in [6, 6.07) is 1.75. The molecule has 180 valence electrons. The Labute approximate surface area is 192 Å². The Morgan fingerprint density at radius 3 is 2.21 bits per heavy atom. The van der Waals surface area contributed by atoms with Crippen LogP contribution in [-0.2, 0) is 4.79 Å². The first-order valence-electron chi connectivity index (χ1n) is 12.0. The Hall–Kier alpha value is -2.71. The van der Waals surface area contributed by atoms with Gasteiger partial charge in [0, 0.05) is 37.3 Å². The van der Waals surface area contributed by atoms with Crippen LogP contribution in [0.25, 0.3) is 11.0 Å². The van der Waals surface area contributed by atoms with Crippen LogP contribution < -0.4 is 10.6 Å². The highest BCUT2D eigenvalue weighted by Gasteiger charge is 2.33. The monoisotopic (exact) mass is 461 g/mol. The molecule has 1 aliphatic heterocycles. The van der Waals surface area contributed by atoms with Gasteiger partial charge >= 0.3 is 6.03 Å². The third-order valence-corrected chi connectivity index (χ3v) is 6.88. The van der Waals surface area contributed by atoms with Crippen molar-refractivity contribution in [2.24, 2.45) is 5.92 Å². The highest BCUT2D eigenvalue weighted by atomic mass is 19.2. The molecule has 2 aromatic rings. The van der Waals surface area contributed by atoms with E-state index < -0.39 is 17.7 Å². The van der Waals surface area contributed by atoms with Crippen molar-refractivity contribution in [2.75, 3.05) is 13.1 Å². The van der Waals surface area contributed by atoms with Gasteiger partial charge in [-0.2, -0.15) is 0 Å². The highest BCUT2D eigenvalue weighted by Crippen LogP contribution is 2.28. The molecule has 2 fully saturated rings. The maximum atomic E-state index is 13.9. The van der Waals surface area contributed by atoms with Crippen molar-refractivity contribution in [3.63, 3.8) is 0 Å². The molecule has 7 nitrogen and oxygen atoms in total. The van der Waals surface area contributed by atoms with Crippen LogP contribution in [0.1, 0.15) is 64.8 Å². The van der Waals surface area contributed by atoms with Gasteiger partial charge < -0.3 is 20.1 Å². The lowest BCUT2D eigenvalue weighted by Gasteiger charge is -2.36. The molecule has 33 heavy (non-hydrogen) atoms. The zero-order valence-corrected chi connectivity index (χ0v) is 19.3. The zero-order chi connectivity index (χ0) is 23.5. The van der Waals surface area contributed by atoms with Crippen LogP contribution in [0.3, 0.4) is 0 Å². The van der Waals surface area contributed by atoms with E-state index in [2.05, 4.69) is 15.6 Å². The van der Waals surface area contributed by atoms with Crippen molar-refractivity contribution in [1.29, 1.82) is 0 Å². The van der Waals surface area contributed by atoms with E-state index in [0.717, 1.165) is 37.8 Å². The van der Waals surface area contributed by atoms with Gasteiger partial charge in [-0.05, 0) is 31.6 Å². The highest BCUT2D eigenvalue weighted by molar-refractivity contribution is 5.84. The minimum absolute atomic E-state index is 0.0290. The van der Waals surface area contributed by atoms with E-state index in [1.807, 2.05) is 13.8 Å². The number of carbonyl (C=O) groups excluding carboxylic acids is 2. The first-order valence-corrected chi connectivity index (χ1v) is 12.0. The molecule has 0 spiro atoms. The quantitative estimate of drug-likeness (QED) is 0.703. The number of hydrogen-bond donors (Lipinski definition) is 2. The number of benzene rings is 1. The predicted molar refractivity (Wildman–Crippen MR) is 122 cm³/mol. The van der Waals surface area contributed by atoms with E-state index >= 15 is 0 Å². The molecule has 9 heteroatoms. The minimum atomic E-state index is -0.961. The van der Waals surface area contributed by atoms with Crippen LogP contribution in [-0.4, -0.2) is 51.6 Å². The van der Waals surface area contributed by atoms with E-state index in [4.69, 9.17) is 0 Å². The summed E-state index contributed by atoms with van der Waals surface area (Å²) >= 11 is 0. The van der Waals surface area contributed by atoms with Gasteiger partial charge in [-0.25, -0.2) is 18.6 Å². The molecule has 0 bridgehead atoms. The summed E-state index contributed by atoms with van der Waals surface area (Å²) in [7, 11) is 0. The first kappa shape index (κ1) is 23.4. The molecule has 1 saturated heterocycles. The second-order valence-electron chi connectivity index (χ2n) is 9.65. The lowest BCUT2D eigenvalue weighted by Crippen LogP contribution is -2.52. The van der Waals surface area contributed by atoms with Gasteiger partial charge in [0.1, 0.15) is 6.04 Å². The van der Waals surface area contributed by atoms with E-state index in [-0.39, 0.29) is 29.9 Å². The fraction of sp³-hybridized carbons (Fsp3) is 0.625. The molecule has 3 amide bonds. The van der Waals surface area contributed by atoms with Crippen LogP contribution in [0, 0.1) is 17.6 Å². The number of rotatable bonds is 5. The summed E-state index contributed by atoms with van der Waals surface area (Å²) in [5.74, 6) is -2.06. The first-order chi connectivity index (χ1) is 15.8. The maximum Gasteiger partial charge on any atom is 0.315 e. The van der Waals surface area contributed by atoms with Crippen molar-refractivity contribution in [3.8, 4) is 0 Å². The lowest BCUT2D eigenvalue weighted by molar-refractivity contribution is -0.137. The average molecular weight is 462 g/mol. The smallest absolute Gasteiger partial charge is 0.315 e. The molecule has 1 aromatic carbocycles. The molecule has 1 aromatic heterocycles. The molecule has 4 rings (SSSR count). The van der Waals surface area contributed by atoms with Gasteiger partial charge in [-0.1, -0.05) is 33.1 Å². The van der Waals surface area contributed by atoms with E-state index in [0.29, 0.717) is 37.0 Å². The van der Waals surface area contributed by atoms with E-state index in [1.54, 1.807) is 9.47 Å². The van der Waals surface area contributed by atoms with Crippen LogP contribution >= 0.6 is 0 Å². The van der Waals surface area contributed by atoms with Crippen molar-refractivity contribution in [1.82, 2.24) is 25.1 Å². The largest absolute Gasteiger partial charge is 0.341 e. The Bertz CT molecular complexity index is 994. The number of amides is 3. The standard InChI is InChI=1S/C24H33F2N5O2/c1-15(2)22(31-14-27-20-12-18(25)19(26)13-21(20)31)23(32)30-10-8-17(9-11-30)29-24(33)28-16-6-4-3-5-7-16/h12-17,22H,3-11H2,1-2H3,(H2,28,29,33). The predicted octanol–water partition coefficient (Wildman–Crippen LogP) is 4.13. The molecule has 1 aliphatic carbocycles. The minimum Gasteiger partial charge on any atom is -0.341 e. The third kappa shape index (κ3) is 5.28. The molecule has 2 aliphatic rings. The molecular weight excluding hydrogens is 428 g/mol. The fourth-order valence-electron chi connectivity index (χ4n) is 5.06. The van der Waals surface area contributed by atoms with Gasteiger partial charge in [0.2, 0.25) is 5.91 Å². The summed E-state index contributed by atoms with van der Waals surface area (Å²) in [5, 5.41) is 6.14. The van der Waals surface area contributed by atoms with Gasteiger partial charge in [0.05, 0.1) is 17.4 Å². The zero-order valence-electron chi connectivity index (χ0n) is 19.3. The van der Waals surface area contributed by atoms with Crippen LogP contribution in [0.15, 0.2) is 18.5 Å². The number of likely N-dealkylation sites (tertiary alicyclic amines) is 1. The van der Waals surface area contributed by atoms with E-state index in [9.17, 15) is 18.4 Å². The van der Waals surface area contributed by atoms with Gasteiger partial charge in [-0.3, -0.25) is 4.79 Å². The number of fused-ring (bicyclic) bond motifs is 1. The number of nitrogens with zero attached hydrogens (tertiary/aromatic N) is 3. The molecule has 1 atom stereocenters. The van der Waals surface area contributed by atoms with E-state index in [1.165, 1.54) is 12.7 Å². The summed E-state index contributed by atoms with van der Waals surface area (Å²) in [6.07, 6.45) is 8.48. The Kier molecular flexibility index (Phi) is 7.14. The summed E-state index contributed by atoms with van der Waals surface area (Å²) in [5.41, 5.74) is 0.719. The number of carbonyl (C=O) groups is 2.